The van der Waals surface area contributed by atoms with E-state index in [0.29, 0.717) is 18.9 Å². The molecule has 0 bridgehead atoms. The SMILES string of the molecule is Cc1ccc(CCNC(=O)C[C@@H]2CCC[C@H]2N)cc1.Cl. The van der Waals surface area contributed by atoms with E-state index in [-0.39, 0.29) is 24.4 Å². The molecule has 0 saturated heterocycles. The summed E-state index contributed by atoms with van der Waals surface area (Å²) in [5.74, 6) is 0.536. The Morgan fingerprint density at radius 1 is 1.30 bits per heavy atom. The molecule has 3 nitrogen and oxygen atoms in total. The molecule has 1 fully saturated rings. The minimum absolute atomic E-state index is 0. The van der Waals surface area contributed by atoms with Crippen LogP contribution in [0.15, 0.2) is 24.3 Å². The van der Waals surface area contributed by atoms with Crippen molar-refractivity contribution < 1.29 is 4.79 Å². The molecule has 1 amide bonds. The standard InChI is InChI=1S/C16H24N2O.ClH/c1-12-5-7-13(8-6-12)9-10-18-16(19)11-14-3-2-4-15(14)17;/h5-8,14-15H,2-4,9-11,17H2,1H3,(H,18,19);1H/t14-,15+;/m0./s1. The molecule has 0 heterocycles. The molecule has 0 radical (unpaired) electrons. The second-order valence-electron chi connectivity index (χ2n) is 5.64. The molecule has 20 heavy (non-hydrogen) atoms. The van der Waals surface area contributed by atoms with Gasteiger partial charge in [0.15, 0.2) is 0 Å². The maximum Gasteiger partial charge on any atom is 0.220 e. The van der Waals surface area contributed by atoms with E-state index in [1.807, 2.05) is 0 Å². The number of nitrogens with two attached hydrogens (primary N) is 1. The van der Waals surface area contributed by atoms with Crippen LogP contribution >= 0.6 is 12.4 Å². The van der Waals surface area contributed by atoms with Crippen molar-refractivity contribution in [3.63, 3.8) is 0 Å². The van der Waals surface area contributed by atoms with Gasteiger partial charge in [0.25, 0.3) is 0 Å². The summed E-state index contributed by atoms with van der Waals surface area (Å²) in [5, 5.41) is 3.00. The maximum absolute atomic E-state index is 11.8. The lowest BCUT2D eigenvalue weighted by Gasteiger charge is -2.14. The lowest BCUT2D eigenvalue weighted by atomic mass is 10.00. The van der Waals surface area contributed by atoms with E-state index in [2.05, 4.69) is 36.5 Å². The summed E-state index contributed by atoms with van der Waals surface area (Å²) in [4.78, 5) is 11.8. The maximum atomic E-state index is 11.8. The lowest BCUT2D eigenvalue weighted by molar-refractivity contribution is -0.122. The van der Waals surface area contributed by atoms with E-state index in [9.17, 15) is 4.79 Å². The third-order valence-electron chi connectivity index (χ3n) is 4.02. The molecular formula is C16H25ClN2O. The number of hydrogen-bond acceptors (Lipinski definition) is 2. The Balaban J connectivity index is 0.00000200. The van der Waals surface area contributed by atoms with Crippen LogP contribution in [-0.2, 0) is 11.2 Å². The number of halogens is 1. The summed E-state index contributed by atoms with van der Waals surface area (Å²) in [6.07, 6.45) is 4.83. The predicted octanol–water partition coefficient (Wildman–Crippen LogP) is 2.59. The number of amides is 1. The van der Waals surface area contributed by atoms with Crippen LogP contribution in [0.25, 0.3) is 0 Å². The van der Waals surface area contributed by atoms with Crippen LogP contribution in [0.2, 0.25) is 0 Å². The number of hydrogen-bond donors (Lipinski definition) is 2. The van der Waals surface area contributed by atoms with Crippen LogP contribution in [0.5, 0.6) is 0 Å². The van der Waals surface area contributed by atoms with Crippen LogP contribution in [0, 0.1) is 12.8 Å². The second-order valence-corrected chi connectivity index (χ2v) is 5.64. The fraction of sp³-hybridized carbons (Fsp3) is 0.562. The Bertz CT molecular complexity index is 419. The monoisotopic (exact) mass is 296 g/mol. The zero-order valence-corrected chi connectivity index (χ0v) is 12.9. The molecule has 1 saturated carbocycles. The topological polar surface area (TPSA) is 55.1 Å². The molecule has 0 spiro atoms. The van der Waals surface area contributed by atoms with Crippen molar-refractivity contribution in [1.29, 1.82) is 0 Å². The van der Waals surface area contributed by atoms with E-state index in [1.165, 1.54) is 17.5 Å². The largest absolute Gasteiger partial charge is 0.356 e. The Morgan fingerprint density at radius 2 is 2.00 bits per heavy atom. The van der Waals surface area contributed by atoms with Crippen molar-refractivity contribution in [2.45, 2.75) is 45.1 Å². The first-order chi connectivity index (χ1) is 9.15. The summed E-state index contributed by atoms with van der Waals surface area (Å²) in [6.45, 7) is 2.79. The van der Waals surface area contributed by atoms with Gasteiger partial charge in [0.05, 0.1) is 0 Å². The van der Waals surface area contributed by atoms with Gasteiger partial charge in [0.2, 0.25) is 5.91 Å². The number of carbonyl (C=O) groups is 1. The van der Waals surface area contributed by atoms with Crippen molar-refractivity contribution in [2.75, 3.05) is 6.54 Å². The van der Waals surface area contributed by atoms with Gasteiger partial charge in [-0.3, -0.25) is 4.79 Å². The molecule has 0 aromatic heterocycles. The van der Waals surface area contributed by atoms with Crippen LogP contribution in [0.1, 0.15) is 36.8 Å². The highest BCUT2D eigenvalue weighted by atomic mass is 35.5. The number of rotatable bonds is 5. The minimum atomic E-state index is 0. The number of nitrogens with one attached hydrogen (secondary N) is 1. The quantitative estimate of drug-likeness (QED) is 0.877. The lowest BCUT2D eigenvalue weighted by Crippen LogP contribution is -2.32. The van der Waals surface area contributed by atoms with Gasteiger partial charge in [0.1, 0.15) is 0 Å². The predicted molar refractivity (Wildman–Crippen MR) is 85.1 cm³/mol. The molecule has 0 unspecified atom stereocenters. The summed E-state index contributed by atoms with van der Waals surface area (Å²) in [6, 6.07) is 8.68. The number of benzene rings is 1. The Kier molecular flexibility index (Phi) is 7.03. The molecule has 3 N–H and O–H groups in total. The van der Waals surface area contributed by atoms with Crippen molar-refractivity contribution in [2.24, 2.45) is 11.7 Å². The molecule has 4 heteroatoms. The molecule has 2 rings (SSSR count). The van der Waals surface area contributed by atoms with Crippen molar-refractivity contribution in [3.8, 4) is 0 Å². The van der Waals surface area contributed by atoms with E-state index in [0.717, 1.165) is 19.3 Å². The van der Waals surface area contributed by atoms with Crippen molar-refractivity contribution in [1.82, 2.24) is 5.32 Å². The molecular weight excluding hydrogens is 272 g/mol. The number of carbonyl (C=O) groups excluding carboxylic acids is 1. The molecule has 2 atom stereocenters. The van der Waals surface area contributed by atoms with E-state index < -0.39 is 0 Å². The van der Waals surface area contributed by atoms with Crippen LogP contribution in [0.4, 0.5) is 0 Å². The summed E-state index contributed by atoms with van der Waals surface area (Å²) in [7, 11) is 0. The van der Waals surface area contributed by atoms with Gasteiger partial charge in [-0.25, -0.2) is 0 Å². The molecule has 1 aromatic rings. The van der Waals surface area contributed by atoms with Gasteiger partial charge in [0, 0.05) is 19.0 Å². The first-order valence-electron chi connectivity index (χ1n) is 7.23. The molecule has 112 valence electrons. The number of aryl methyl sites for hydroxylation is 1. The zero-order chi connectivity index (χ0) is 13.7. The van der Waals surface area contributed by atoms with E-state index in [1.54, 1.807) is 0 Å². The Hall–Kier alpha value is -1.06. The second kappa shape index (κ2) is 8.28. The molecule has 1 aromatic carbocycles. The average molecular weight is 297 g/mol. The fourth-order valence-corrected chi connectivity index (χ4v) is 2.73. The Morgan fingerprint density at radius 3 is 2.60 bits per heavy atom. The summed E-state index contributed by atoms with van der Waals surface area (Å²) >= 11 is 0. The van der Waals surface area contributed by atoms with E-state index >= 15 is 0 Å². The molecule has 1 aliphatic carbocycles. The van der Waals surface area contributed by atoms with E-state index in [4.69, 9.17) is 5.73 Å². The van der Waals surface area contributed by atoms with Crippen LogP contribution in [0.3, 0.4) is 0 Å². The van der Waals surface area contributed by atoms with Crippen molar-refractivity contribution >= 4 is 18.3 Å². The molecule has 0 aliphatic heterocycles. The summed E-state index contributed by atoms with van der Waals surface area (Å²) in [5.41, 5.74) is 8.51. The smallest absolute Gasteiger partial charge is 0.220 e. The highest BCUT2D eigenvalue weighted by Crippen LogP contribution is 2.26. The zero-order valence-electron chi connectivity index (χ0n) is 12.1. The average Bonchev–Trinajstić information content (AvgIpc) is 2.78. The van der Waals surface area contributed by atoms with Crippen LogP contribution < -0.4 is 11.1 Å². The van der Waals surface area contributed by atoms with Gasteiger partial charge in [-0.05, 0) is 37.7 Å². The van der Waals surface area contributed by atoms with Gasteiger partial charge >= 0.3 is 0 Å². The fourth-order valence-electron chi connectivity index (χ4n) is 2.73. The van der Waals surface area contributed by atoms with Crippen molar-refractivity contribution in [3.05, 3.63) is 35.4 Å². The first kappa shape index (κ1) is 17.0. The summed E-state index contributed by atoms with van der Waals surface area (Å²) < 4.78 is 0. The van der Waals surface area contributed by atoms with Gasteiger partial charge in [-0.2, -0.15) is 0 Å². The highest BCUT2D eigenvalue weighted by molar-refractivity contribution is 5.85. The third-order valence-corrected chi connectivity index (χ3v) is 4.02. The van der Waals surface area contributed by atoms with Crippen LogP contribution in [-0.4, -0.2) is 18.5 Å². The first-order valence-corrected chi connectivity index (χ1v) is 7.23. The highest BCUT2D eigenvalue weighted by Gasteiger charge is 2.25. The van der Waals surface area contributed by atoms with Gasteiger partial charge in [-0.1, -0.05) is 36.2 Å². The third kappa shape index (κ3) is 5.14. The van der Waals surface area contributed by atoms with Gasteiger partial charge < -0.3 is 11.1 Å². The van der Waals surface area contributed by atoms with Gasteiger partial charge in [-0.15, -0.1) is 12.4 Å². The Labute approximate surface area is 127 Å². The normalized spacial score (nSPS) is 21.3. The minimum Gasteiger partial charge on any atom is -0.356 e. The molecule has 1 aliphatic rings.